The summed E-state index contributed by atoms with van der Waals surface area (Å²) in [6.45, 7) is 1.33. The van der Waals surface area contributed by atoms with Gasteiger partial charge >= 0.3 is 0 Å². The number of fused-ring (bicyclic) bond motifs is 1. The van der Waals surface area contributed by atoms with Crippen molar-refractivity contribution in [1.29, 1.82) is 0 Å². The fourth-order valence-electron chi connectivity index (χ4n) is 3.23. The van der Waals surface area contributed by atoms with Crippen molar-refractivity contribution in [3.63, 3.8) is 0 Å². The van der Waals surface area contributed by atoms with Gasteiger partial charge in [0.1, 0.15) is 5.75 Å². The van der Waals surface area contributed by atoms with Crippen molar-refractivity contribution in [2.75, 3.05) is 25.6 Å². The van der Waals surface area contributed by atoms with Crippen LogP contribution in [0.4, 0.5) is 5.69 Å². The highest BCUT2D eigenvalue weighted by Gasteiger charge is 2.19. The molecule has 27 heavy (non-hydrogen) atoms. The number of nitrogens with one attached hydrogen (secondary N) is 1. The first-order valence-corrected chi connectivity index (χ1v) is 9.16. The molecule has 0 bridgehead atoms. The van der Waals surface area contributed by atoms with Crippen LogP contribution in [0.3, 0.4) is 0 Å². The number of aliphatic imine (C=N–C) groups is 1. The summed E-state index contributed by atoms with van der Waals surface area (Å²) in [5, 5.41) is 3.08. The molecule has 0 radical (unpaired) electrons. The normalized spacial score (nSPS) is 16.2. The molecule has 1 atom stereocenters. The summed E-state index contributed by atoms with van der Waals surface area (Å²) in [6, 6.07) is 16.2. The molecule has 146 valence electrons. The molecule has 0 amide bonds. The van der Waals surface area contributed by atoms with Gasteiger partial charge in [-0.2, -0.15) is 0 Å². The summed E-state index contributed by atoms with van der Waals surface area (Å²) in [5.74, 6) is 1.23. The number of rotatable bonds is 7. The summed E-state index contributed by atoms with van der Waals surface area (Å²) in [6.07, 6.45) is 4.52. The van der Waals surface area contributed by atoms with E-state index >= 15 is 0 Å². The van der Waals surface area contributed by atoms with Crippen molar-refractivity contribution in [3.8, 4) is 5.75 Å². The van der Waals surface area contributed by atoms with Crippen LogP contribution in [0.2, 0.25) is 0 Å². The predicted molar refractivity (Wildman–Crippen MR) is 121 cm³/mol. The van der Waals surface area contributed by atoms with Gasteiger partial charge in [-0.1, -0.05) is 24.3 Å². The minimum Gasteiger partial charge on any atom is -0.497 e. The van der Waals surface area contributed by atoms with E-state index < -0.39 is 0 Å². The Morgan fingerprint density at radius 1 is 1.19 bits per heavy atom. The molecule has 3 rings (SSSR count). The molecule has 0 saturated heterocycles. The van der Waals surface area contributed by atoms with Crippen LogP contribution >= 0.6 is 24.0 Å². The first-order chi connectivity index (χ1) is 12.8. The standard InChI is InChI=1S/C21H27N3O2.HI/c1-25-18-12-10-17(11-13-18)24-21(22)23-14-5-15-26-20-9-4-7-16-6-2-3-8-19(16)20;/h2-3,6,8,10-13,20H,4-5,7,9,14-15H2,1H3,(H3,22,23,24);1H. The number of halogens is 1. The third-order valence-electron chi connectivity index (χ3n) is 4.58. The Balaban J connectivity index is 0.00000261. The fraction of sp³-hybridized carbons (Fsp3) is 0.381. The van der Waals surface area contributed by atoms with Crippen LogP contribution in [0.5, 0.6) is 5.75 Å². The lowest BCUT2D eigenvalue weighted by atomic mass is 9.89. The molecule has 6 heteroatoms. The number of ether oxygens (including phenoxy) is 2. The Bertz CT molecular complexity index is 734. The maximum Gasteiger partial charge on any atom is 0.193 e. The van der Waals surface area contributed by atoms with Gasteiger partial charge in [-0.15, -0.1) is 24.0 Å². The number of guanidine groups is 1. The van der Waals surface area contributed by atoms with Crippen LogP contribution in [0, 0.1) is 0 Å². The van der Waals surface area contributed by atoms with Crippen molar-refractivity contribution in [3.05, 3.63) is 59.7 Å². The molecular formula is C21H28IN3O2. The van der Waals surface area contributed by atoms with E-state index in [1.54, 1.807) is 7.11 Å². The number of nitrogens with two attached hydrogens (primary N) is 1. The van der Waals surface area contributed by atoms with Crippen molar-refractivity contribution >= 4 is 35.6 Å². The number of anilines is 1. The highest BCUT2D eigenvalue weighted by atomic mass is 127. The molecule has 1 unspecified atom stereocenters. The van der Waals surface area contributed by atoms with E-state index in [1.807, 2.05) is 24.3 Å². The number of hydrogen-bond acceptors (Lipinski definition) is 3. The molecule has 5 nitrogen and oxygen atoms in total. The van der Waals surface area contributed by atoms with Gasteiger partial charge in [0, 0.05) is 18.8 Å². The maximum absolute atomic E-state index is 6.09. The Labute approximate surface area is 178 Å². The Morgan fingerprint density at radius 3 is 2.74 bits per heavy atom. The summed E-state index contributed by atoms with van der Waals surface area (Å²) in [5.41, 5.74) is 9.60. The van der Waals surface area contributed by atoms with Crippen LogP contribution in [0.15, 0.2) is 53.5 Å². The van der Waals surface area contributed by atoms with E-state index in [9.17, 15) is 0 Å². The van der Waals surface area contributed by atoms with Gasteiger partial charge in [-0.25, -0.2) is 0 Å². The van der Waals surface area contributed by atoms with E-state index in [1.165, 1.54) is 17.5 Å². The molecule has 0 fully saturated rings. The number of benzene rings is 2. The smallest absolute Gasteiger partial charge is 0.193 e. The van der Waals surface area contributed by atoms with E-state index in [0.29, 0.717) is 19.1 Å². The van der Waals surface area contributed by atoms with Gasteiger partial charge < -0.3 is 20.5 Å². The average molecular weight is 481 g/mol. The van der Waals surface area contributed by atoms with Crippen LogP contribution in [-0.2, 0) is 11.2 Å². The highest BCUT2D eigenvalue weighted by molar-refractivity contribution is 14.0. The Hall–Kier alpha value is -1.80. The quantitative estimate of drug-likeness (QED) is 0.264. The second-order valence-corrected chi connectivity index (χ2v) is 6.42. The van der Waals surface area contributed by atoms with Gasteiger partial charge in [0.2, 0.25) is 0 Å². The zero-order chi connectivity index (χ0) is 18.2. The minimum atomic E-state index is 0. The van der Waals surface area contributed by atoms with Crippen molar-refractivity contribution in [2.45, 2.75) is 31.8 Å². The first kappa shape index (κ1) is 21.5. The number of aryl methyl sites for hydroxylation is 1. The molecule has 0 aromatic heterocycles. The van der Waals surface area contributed by atoms with E-state index in [0.717, 1.165) is 30.7 Å². The molecule has 1 aliphatic carbocycles. The van der Waals surface area contributed by atoms with Gasteiger partial charge in [0.05, 0.1) is 13.2 Å². The fourth-order valence-corrected chi connectivity index (χ4v) is 3.23. The molecule has 0 heterocycles. The SMILES string of the molecule is COc1ccc(NC(N)=NCCCOC2CCCc3ccccc32)cc1.I. The van der Waals surface area contributed by atoms with E-state index in [2.05, 4.69) is 34.6 Å². The molecule has 0 spiro atoms. The molecule has 0 saturated carbocycles. The van der Waals surface area contributed by atoms with Gasteiger partial charge in [0.25, 0.3) is 0 Å². The number of methoxy groups -OCH3 is 1. The van der Waals surface area contributed by atoms with Crippen LogP contribution in [0.25, 0.3) is 0 Å². The largest absolute Gasteiger partial charge is 0.497 e. The van der Waals surface area contributed by atoms with Crippen molar-refractivity contribution in [1.82, 2.24) is 0 Å². The monoisotopic (exact) mass is 481 g/mol. The lowest BCUT2D eigenvalue weighted by molar-refractivity contribution is 0.0403. The van der Waals surface area contributed by atoms with E-state index in [-0.39, 0.29) is 30.1 Å². The second-order valence-electron chi connectivity index (χ2n) is 6.42. The average Bonchev–Trinajstić information content (AvgIpc) is 2.68. The van der Waals surface area contributed by atoms with Gasteiger partial charge in [-0.3, -0.25) is 4.99 Å². The molecule has 0 aliphatic heterocycles. The molecule has 1 aliphatic rings. The first-order valence-electron chi connectivity index (χ1n) is 9.16. The zero-order valence-electron chi connectivity index (χ0n) is 15.7. The third-order valence-corrected chi connectivity index (χ3v) is 4.58. The molecular weight excluding hydrogens is 453 g/mol. The maximum atomic E-state index is 6.09. The van der Waals surface area contributed by atoms with Crippen LogP contribution in [0.1, 0.15) is 36.5 Å². The number of hydrogen-bond donors (Lipinski definition) is 2. The summed E-state index contributed by atoms with van der Waals surface area (Å²) in [4.78, 5) is 4.36. The molecule has 2 aromatic rings. The van der Waals surface area contributed by atoms with Gasteiger partial charge in [0.15, 0.2) is 5.96 Å². The van der Waals surface area contributed by atoms with Crippen LogP contribution < -0.4 is 15.8 Å². The van der Waals surface area contributed by atoms with Crippen molar-refractivity contribution in [2.24, 2.45) is 10.7 Å². The van der Waals surface area contributed by atoms with E-state index in [4.69, 9.17) is 15.2 Å². The lowest BCUT2D eigenvalue weighted by Crippen LogP contribution is -2.23. The summed E-state index contributed by atoms with van der Waals surface area (Å²) < 4.78 is 11.2. The topological polar surface area (TPSA) is 68.9 Å². The predicted octanol–water partition coefficient (Wildman–Crippen LogP) is 4.52. The minimum absolute atomic E-state index is 0. The molecule has 2 aromatic carbocycles. The van der Waals surface area contributed by atoms with Gasteiger partial charge in [-0.05, 0) is 61.1 Å². The summed E-state index contributed by atoms with van der Waals surface area (Å²) >= 11 is 0. The number of nitrogens with zero attached hydrogens (tertiary/aromatic N) is 1. The second kappa shape index (κ2) is 11.1. The third kappa shape index (κ3) is 6.39. The Morgan fingerprint density at radius 2 is 1.96 bits per heavy atom. The lowest BCUT2D eigenvalue weighted by Gasteiger charge is -2.25. The summed E-state index contributed by atoms with van der Waals surface area (Å²) in [7, 11) is 1.65. The highest BCUT2D eigenvalue weighted by Crippen LogP contribution is 2.32. The molecule has 3 N–H and O–H groups in total. The Kier molecular flexibility index (Phi) is 8.87. The van der Waals surface area contributed by atoms with Crippen molar-refractivity contribution < 1.29 is 9.47 Å². The zero-order valence-corrected chi connectivity index (χ0v) is 18.0. The van der Waals surface area contributed by atoms with Crippen LogP contribution in [-0.4, -0.2) is 26.2 Å².